The minimum absolute atomic E-state index is 0.310. The zero-order valence-corrected chi connectivity index (χ0v) is 16.6. The van der Waals surface area contributed by atoms with Crippen LogP contribution < -0.4 is 0 Å². The van der Waals surface area contributed by atoms with Crippen LogP contribution in [0.25, 0.3) is 0 Å². The molecule has 0 spiro atoms. The van der Waals surface area contributed by atoms with E-state index in [9.17, 15) is 14.4 Å². The van der Waals surface area contributed by atoms with Crippen LogP contribution in [0.15, 0.2) is 38.0 Å². The van der Waals surface area contributed by atoms with Crippen molar-refractivity contribution in [3.05, 3.63) is 38.0 Å². The van der Waals surface area contributed by atoms with E-state index in [0.717, 1.165) is 25.0 Å². The molecule has 0 aromatic heterocycles. The smallest absolute Gasteiger partial charge is 0.330 e. The Morgan fingerprint density at radius 2 is 1.38 bits per heavy atom. The van der Waals surface area contributed by atoms with Crippen molar-refractivity contribution in [2.45, 2.75) is 46.5 Å². The first-order valence-electron chi connectivity index (χ1n) is 8.65. The SMILES string of the molecule is C=CC(=O)OC.C=CC(=O)OCC.C=CC(=O)OCC(CC)CCCC. The molecule has 0 radical (unpaired) electrons. The molecule has 0 aliphatic heterocycles. The van der Waals surface area contributed by atoms with E-state index in [1.807, 2.05) is 0 Å². The highest BCUT2D eigenvalue weighted by atomic mass is 16.5. The second kappa shape index (κ2) is 22.6. The summed E-state index contributed by atoms with van der Waals surface area (Å²) in [6.45, 7) is 16.7. The molecule has 0 aliphatic rings. The number of carbonyl (C=O) groups is 3. The Hall–Kier alpha value is -2.37. The van der Waals surface area contributed by atoms with E-state index in [2.05, 4.69) is 43.1 Å². The summed E-state index contributed by atoms with van der Waals surface area (Å²) in [6, 6.07) is 0. The van der Waals surface area contributed by atoms with Crippen molar-refractivity contribution in [3.63, 3.8) is 0 Å². The number of carbonyl (C=O) groups excluding carboxylic acids is 3. The summed E-state index contributed by atoms with van der Waals surface area (Å²) in [7, 11) is 1.31. The second-order valence-corrected chi connectivity index (χ2v) is 4.93. The van der Waals surface area contributed by atoms with Gasteiger partial charge >= 0.3 is 17.9 Å². The average molecular weight is 370 g/mol. The number of hydrogen-bond acceptors (Lipinski definition) is 6. The van der Waals surface area contributed by atoms with Crippen molar-refractivity contribution in [2.24, 2.45) is 5.92 Å². The summed E-state index contributed by atoms with van der Waals surface area (Å²) in [6.07, 6.45) is 8.11. The quantitative estimate of drug-likeness (QED) is 0.328. The maximum absolute atomic E-state index is 10.8. The van der Waals surface area contributed by atoms with Gasteiger partial charge in [-0.25, -0.2) is 14.4 Å². The van der Waals surface area contributed by atoms with Gasteiger partial charge in [-0.2, -0.15) is 0 Å². The van der Waals surface area contributed by atoms with Gasteiger partial charge in [0.15, 0.2) is 0 Å². The Balaban J connectivity index is -0.000000342. The van der Waals surface area contributed by atoms with Crippen molar-refractivity contribution in [1.82, 2.24) is 0 Å². The molecule has 1 unspecified atom stereocenters. The van der Waals surface area contributed by atoms with Crippen molar-refractivity contribution >= 4 is 17.9 Å². The topological polar surface area (TPSA) is 78.9 Å². The summed E-state index contributed by atoms with van der Waals surface area (Å²) in [5.74, 6) is -0.545. The fourth-order valence-electron chi connectivity index (χ4n) is 1.44. The molecule has 0 heterocycles. The van der Waals surface area contributed by atoms with Gasteiger partial charge in [0.25, 0.3) is 0 Å². The first-order valence-corrected chi connectivity index (χ1v) is 8.65. The summed E-state index contributed by atoms with van der Waals surface area (Å²) < 4.78 is 13.6. The third kappa shape index (κ3) is 23.9. The highest BCUT2D eigenvalue weighted by Gasteiger charge is 2.07. The number of rotatable bonds is 10. The van der Waals surface area contributed by atoms with Gasteiger partial charge in [-0.3, -0.25) is 0 Å². The van der Waals surface area contributed by atoms with Gasteiger partial charge in [-0.05, 0) is 19.3 Å². The predicted molar refractivity (Wildman–Crippen MR) is 104 cm³/mol. The van der Waals surface area contributed by atoms with E-state index >= 15 is 0 Å². The minimum atomic E-state index is -0.394. The Morgan fingerprint density at radius 3 is 1.65 bits per heavy atom. The fourth-order valence-corrected chi connectivity index (χ4v) is 1.44. The molecule has 26 heavy (non-hydrogen) atoms. The Kier molecular flexibility index (Phi) is 24.7. The molecule has 0 fully saturated rings. The fraction of sp³-hybridized carbons (Fsp3) is 0.550. The number of methoxy groups -OCH3 is 1. The van der Waals surface area contributed by atoms with E-state index in [-0.39, 0.29) is 11.9 Å². The zero-order valence-electron chi connectivity index (χ0n) is 16.6. The third-order valence-electron chi connectivity index (χ3n) is 2.99. The Labute approximate surface area is 157 Å². The highest BCUT2D eigenvalue weighted by molar-refractivity contribution is 5.81. The number of esters is 3. The molecule has 0 aliphatic carbocycles. The lowest BCUT2D eigenvalue weighted by Crippen LogP contribution is -2.12. The molecule has 150 valence electrons. The molecule has 0 rings (SSSR count). The monoisotopic (exact) mass is 370 g/mol. The van der Waals surface area contributed by atoms with Crippen LogP contribution in [0.2, 0.25) is 0 Å². The van der Waals surface area contributed by atoms with Gasteiger partial charge in [0.2, 0.25) is 0 Å². The lowest BCUT2D eigenvalue weighted by Gasteiger charge is -2.13. The van der Waals surface area contributed by atoms with E-state index in [0.29, 0.717) is 19.1 Å². The van der Waals surface area contributed by atoms with Crippen molar-refractivity contribution in [1.29, 1.82) is 0 Å². The number of unbranched alkanes of at least 4 members (excludes halogenated alkanes) is 1. The van der Waals surface area contributed by atoms with E-state index in [1.165, 1.54) is 26.0 Å². The molecule has 0 saturated carbocycles. The molecule has 0 aromatic rings. The normalized spacial score (nSPS) is 9.69. The lowest BCUT2D eigenvalue weighted by molar-refractivity contribution is -0.139. The molecular formula is C20H34O6. The van der Waals surface area contributed by atoms with E-state index in [1.54, 1.807) is 6.92 Å². The number of ether oxygens (including phenoxy) is 3. The summed E-state index contributed by atoms with van der Waals surface area (Å²) in [5.41, 5.74) is 0. The molecular weight excluding hydrogens is 336 g/mol. The van der Waals surface area contributed by atoms with Gasteiger partial charge < -0.3 is 14.2 Å². The average Bonchev–Trinajstić information content (AvgIpc) is 2.68. The van der Waals surface area contributed by atoms with Crippen LogP contribution in [0, 0.1) is 5.92 Å². The molecule has 1 atom stereocenters. The summed E-state index contributed by atoms with van der Waals surface area (Å²) in [5, 5.41) is 0. The maximum Gasteiger partial charge on any atom is 0.330 e. The van der Waals surface area contributed by atoms with Gasteiger partial charge in [0.1, 0.15) is 0 Å². The van der Waals surface area contributed by atoms with Crippen LogP contribution in [0.4, 0.5) is 0 Å². The minimum Gasteiger partial charge on any atom is -0.466 e. The Bertz CT molecular complexity index is 415. The summed E-state index contributed by atoms with van der Waals surface area (Å²) in [4.78, 5) is 30.7. The molecule has 0 aromatic carbocycles. The van der Waals surface area contributed by atoms with Crippen LogP contribution in [0.1, 0.15) is 46.5 Å². The molecule has 0 amide bonds. The zero-order chi connectivity index (χ0) is 20.8. The molecule has 0 N–H and O–H groups in total. The van der Waals surface area contributed by atoms with Crippen molar-refractivity contribution in [2.75, 3.05) is 20.3 Å². The molecule has 0 saturated heterocycles. The van der Waals surface area contributed by atoms with E-state index < -0.39 is 5.97 Å². The maximum atomic E-state index is 10.8. The van der Waals surface area contributed by atoms with Gasteiger partial charge in [0.05, 0.1) is 20.3 Å². The molecule has 6 nitrogen and oxygen atoms in total. The Morgan fingerprint density at radius 1 is 0.885 bits per heavy atom. The summed E-state index contributed by atoms with van der Waals surface area (Å²) >= 11 is 0. The first-order chi connectivity index (χ1) is 12.4. The van der Waals surface area contributed by atoms with Crippen LogP contribution in [-0.4, -0.2) is 38.2 Å². The first kappa shape index (κ1) is 28.4. The molecule has 6 heteroatoms. The highest BCUT2D eigenvalue weighted by Crippen LogP contribution is 2.12. The number of hydrogen-bond donors (Lipinski definition) is 0. The third-order valence-corrected chi connectivity index (χ3v) is 2.99. The predicted octanol–water partition coefficient (Wildman–Crippen LogP) is 4.01. The second-order valence-electron chi connectivity index (χ2n) is 4.93. The van der Waals surface area contributed by atoms with Crippen LogP contribution in [0.3, 0.4) is 0 Å². The van der Waals surface area contributed by atoms with Crippen LogP contribution >= 0.6 is 0 Å². The van der Waals surface area contributed by atoms with Crippen LogP contribution in [0.5, 0.6) is 0 Å². The van der Waals surface area contributed by atoms with E-state index in [4.69, 9.17) is 4.74 Å². The van der Waals surface area contributed by atoms with Gasteiger partial charge in [-0.15, -0.1) is 0 Å². The van der Waals surface area contributed by atoms with Crippen molar-refractivity contribution < 1.29 is 28.6 Å². The molecule has 0 bridgehead atoms. The van der Waals surface area contributed by atoms with Gasteiger partial charge in [0, 0.05) is 18.2 Å². The van der Waals surface area contributed by atoms with Gasteiger partial charge in [-0.1, -0.05) is 52.8 Å². The van der Waals surface area contributed by atoms with Crippen molar-refractivity contribution in [3.8, 4) is 0 Å². The standard InChI is InChI=1S/C11H20O2.C5H8O2.C4H6O2/c1-4-7-8-10(5-2)9-13-11(12)6-3;1-3-5(6)7-4-2;1-3-4(5)6-2/h6,10H,3-5,7-9H2,1-2H3;3H,1,4H2,2H3;3H,1H2,2H3. The largest absolute Gasteiger partial charge is 0.466 e. The van der Waals surface area contributed by atoms with Crippen LogP contribution in [-0.2, 0) is 28.6 Å². The lowest BCUT2D eigenvalue weighted by atomic mass is 10.0.